The summed E-state index contributed by atoms with van der Waals surface area (Å²) in [6.07, 6.45) is 58.0. The topological polar surface area (TPSA) is 57.5 Å². The van der Waals surface area contributed by atoms with Gasteiger partial charge >= 0.3 is 0 Å². The van der Waals surface area contributed by atoms with Gasteiger partial charge in [0, 0.05) is 6.42 Å². The molecule has 0 aromatic heterocycles. The zero-order chi connectivity index (χ0) is 35.7. The molecule has 2 N–H and O–H groups in total. The Morgan fingerprint density at radius 3 is 1.51 bits per heavy atom. The van der Waals surface area contributed by atoms with Gasteiger partial charge in [-0.1, -0.05) is 143 Å². The van der Waals surface area contributed by atoms with Crippen molar-refractivity contribution in [2.75, 3.05) is 0 Å². The van der Waals surface area contributed by atoms with E-state index in [-0.39, 0.29) is 5.78 Å². The number of terminal acetylenes is 2. The van der Waals surface area contributed by atoms with Gasteiger partial charge in [0.15, 0.2) is 6.10 Å². The number of carbonyl (C=O) groups excluding carboxylic acids is 1. The van der Waals surface area contributed by atoms with Crippen LogP contribution in [0.3, 0.4) is 0 Å². The first-order valence-corrected chi connectivity index (χ1v) is 19.2. The maximum absolute atomic E-state index is 11.0. The first-order chi connectivity index (χ1) is 24.1. The summed E-state index contributed by atoms with van der Waals surface area (Å²) in [7, 11) is 0. The van der Waals surface area contributed by atoms with Crippen LogP contribution in [0.25, 0.3) is 0 Å². The largest absolute Gasteiger partial charge is 0.377 e. The average Bonchev–Trinajstić information content (AvgIpc) is 3.11. The molecule has 0 aliphatic carbocycles. The minimum absolute atomic E-state index is 0.235. The lowest BCUT2D eigenvalue weighted by atomic mass is 10.0. The standard InChI is InChI=1S/C46H66O3/c1-3-44(47)40-36-32-28-24-20-16-12-10-8-6-5-7-9-11-13-18-22-26-30-34-38-42-46(49)43-39-35-31-27-23-19-15-14-17-21-25-29-33-37-41-45(48)4-2/h1-2,13,15,18-19,30,34,36-37,40-41,45-46,48-49H,5-12,14,16-17,20-29,31-33,35H2/b18-13-,19-15-,34-30+,40-36+,41-37+/t45-,46-/m1/s1. The predicted octanol–water partition coefficient (Wildman–Crippen LogP) is 11.1. The monoisotopic (exact) mass is 667 g/mol. The molecule has 0 radical (unpaired) electrons. The van der Waals surface area contributed by atoms with Gasteiger partial charge in [0.2, 0.25) is 5.78 Å². The van der Waals surface area contributed by atoms with Crippen molar-refractivity contribution in [2.24, 2.45) is 0 Å². The van der Waals surface area contributed by atoms with Crippen molar-refractivity contribution in [1.29, 1.82) is 0 Å². The van der Waals surface area contributed by atoms with E-state index in [2.05, 4.69) is 65.9 Å². The van der Waals surface area contributed by atoms with Gasteiger partial charge in [0.1, 0.15) is 6.10 Å². The molecule has 0 rings (SSSR count). The normalized spacial score (nSPS) is 12.7. The maximum Gasteiger partial charge on any atom is 0.228 e. The van der Waals surface area contributed by atoms with Crippen LogP contribution < -0.4 is 0 Å². The van der Waals surface area contributed by atoms with Crippen molar-refractivity contribution < 1.29 is 15.0 Å². The van der Waals surface area contributed by atoms with Crippen molar-refractivity contribution in [1.82, 2.24) is 0 Å². The van der Waals surface area contributed by atoms with Gasteiger partial charge in [-0.15, -0.1) is 12.8 Å². The molecule has 0 heterocycles. The van der Waals surface area contributed by atoms with Gasteiger partial charge in [-0.2, -0.15) is 0 Å². The highest BCUT2D eigenvalue weighted by molar-refractivity contribution is 6.03. The fourth-order valence-corrected chi connectivity index (χ4v) is 5.13. The molecule has 0 spiro atoms. The van der Waals surface area contributed by atoms with E-state index in [1.165, 1.54) is 96.0 Å². The molecule has 268 valence electrons. The minimum Gasteiger partial charge on any atom is -0.377 e. The van der Waals surface area contributed by atoms with Gasteiger partial charge in [-0.05, 0) is 108 Å². The third kappa shape index (κ3) is 38.9. The smallest absolute Gasteiger partial charge is 0.228 e. The van der Waals surface area contributed by atoms with Crippen LogP contribution in [0.2, 0.25) is 0 Å². The third-order valence-corrected chi connectivity index (χ3v) is 8.05. The van der Waals surface area contributed by atoms with E-state index in [9.17, 15) is 15.0 Å². The number of allylic oxidation sites excluding steroid dienone is 9. The van der Waals surface area contributed by atoms with Gasteiger partial charge in [-0.3, -0.25) is 4.79 Å². The van der Waals surface area contributed by atoms with E-state index < -0.39 is 12.2 Å². The lowest BCUT2D eigenvalue weighted by Gasteiger charge is -2.02. The number of hydrogen-bond donors (Lipinski definition) is 2. The molecule has 0 aliphatic heterocycles. The fourth-order valence-electron chi connectivity index (χ4n) is 5.13. The molecule has 2 atom stereocenters. The van der Waals surface area contributed by atoms with Crippen molar-refractivity contribution in [2.45, 2.75) is 173 Å². The first-order valence-electron chi connectivity index (χ1n) is 19.2. The zero-order valence-corrected chi connectivity index (χ0v) is 30.6. The van der Waals surface area contributed by atoms with Crippen LogP contribution in [0, 0.1) is 48.4 Å². The second-order valence-corrected chi connectivity index (χ2v) is 12.6. The van der Waals surface area contributed by atoms with E-state index in [4.69, 9.17) is 12.8 Å². The Morgan fingerprint density at radius 1 is 0.531 bits per heavy atom. The fraction of sp³-hybridized carbons (Fsp3) is 0.587. The van der Waals surface area contributed by atoms with Gasteiger partial charge in [-0.25, -0.2) is 0 Å². The maximum atomic E-state index is 11.0. The quantitative estimate of drug-likeness (QED) is 0.0264. The Bertz CT molecular complexity index is 1150. The molecule has 0 aromatic carbocycles. The highest BCUT2D eigenvalue weighted by Crippen LogP contribution is 2.13. The van der Waals surface area contributed by atoms with E-state index >= 15 is 0 Å². The predicted molar refractivity (Wildman–Crippen MR) is 211 cm³/mol. The Morgan fingerprint density at radius 2 is 0.980 bits per heavy atom. The number of aliphatic hydroxyl groups is 2. The molecule has 0 bridgehead atoms. The molecule has 3 nitrogen and oxygen atoms in total. The number of hydrogen-bond acceptors (Lipinski definition) is 3. The Balaban J connectivity index is 3.52. The van der Waals surface area contributed by atoms with Crippen LogP contribution in [0.5, 0.6) is 0 Å². The van der Waals surface area contributed by atoms with Crippen LogP contribution in [0.1, 0.15) is 161 Å². The molecular formula is C46H66O3. The molecule has 0 fully saturated rings. The van der Waals surface area contributed by atoms with Crippen molar-refractivity contribution in [3.05, 3.63) is 60.8 Å². The number of unbranched alkanes of at least 4 members (excludes halogenated alkanes) is 21. The molecule has 0 aromatic rings. The summed E-state index contributed by atoms with van der Waals surface area (Å²) in [5.41, 5.74) is 0. The summed E-state index contributed by atoms with van der Waals surface area (Å²) in [5, 5.41) is 19.2. The van der Waals surface area contributed by atoms with E-state index in [0.29, 0.717) is 0 Å². The molecular weight excluding hydrogens is 601 g/mol. The summed E-state index contributed by atoms with van der Waals surface area (Å²) in [6, 6.07) is 0. The number of rotatable bonds is 30. The molecule has 0 aliphatic rings. The average molecular weight is 667 g/mol. The van der Waals surface area contributed by atoms with Crippen LogP contribution in [-0.2, 0) is 4.79 Å². The Labute approximate surface area is 301 Å². The number of carbonyl (C=O) groups is 1. The highest BCUT2D eigenvalue weighted by Gasteiger charge is 1.95. The third-order valence-electron chi connectivity index (χ3n) is 8.05. The minimum atomic E-state index is -0.876. The SMILES string of the molecule is C#CC(=O)/C=C/CCCCCCCCCCCCC/C=C\CC/C=C/C#C[C@@H](O)C#CCCCC/C=C\CCCCCC/C=C/[C@H](O)C#C. The second kappa shape index (κ2) is 39.0. The Kier molecular flexibility index (Phi) is 36.2. The lowest BCUT2D eigenvalue weighted by molar-refractivity contribution is -0.109. The van der Waals surface area contributed by atoms with E-state index in [0.717, 1.165) is 70.6 Å². The molecule has 0 saturated heterocycles. The summed E-state index contributed by atoms with van der Waals surface area (Å²) < 4.78 is 0. The van der Waals surface area contributed by atoms with Crippen LogP contribution in [0.15, 0.2) is 60.8 Å². The zero-order valence-electron chi connectivity index (χ0n) is 30.6. The van der Waals surface area contributed by atoms with Crippen LogP contribution >= 0.6 is 0 Å². The van der Waals surface area contributed by atoms with Crippen molar-refractivity contribution in [3.63, 3.8) is 0 Å². The van der Waals surface area contributed by atoms with E-state index in [1.807, 2.05) is 18.2 Å². The van der Waals surface area contributed by atoms with Gasteiger partial charge in [0.05, 0.1) is 0 Å². The van der Waals surface area contributed by atoms with Crippen LogP contribution in [0.4, 0.5) is 0 Å². The van der Waals surface area contributed by atoms with Gasteiger partial charge < -0.3 is 10.2 Å². The summed E-state index contributed by atoms with van der Waals surface area (Å²) in [5.74, 6) is 15.7. The van der Waals surface area contributed by atoms with E-state index in [1.54, 1.807) is 6.08 Å². The van der Waals surface area contributed by atoms with Crippen LogP contribution in [-0.4, -0.2) is 28.2 Å². The van der Waals surface area contributed by atoms with Crippen molar-refractivity contribution in [3.8, 4) is 48.4 Å². The lowest BCUT2D eigenvalue weighted by Crippen LogP contribution is -1.97. The summed E-state index contributed by atoms with van der Waals surface area (Å²) >= 11 is 0. The Hall–Kier alpha value is -3.47. The first kappa shape index (κ1) is 45.5. The molecule has 3 heteroatoms. The number of aliphatic hydroxyl groups excluding tert-OH is 2. The number of ketones is 1. The molecule has 0 saturated carbocycles. The molecule has 0 unspecified atom stereocenters. The summed E-state index contributed by atoms with van der Waals surface area (Å²) in [4.78, 5) is 11.0. The highest BCUT2D eigenvalue weighted by atomic mass is 16.3. The van der Waals surface area contributed by atoms with Crippen molar-refractivity contribution >= 4 is 5.78 Å². The summed E-state index contributed by atoms with van der Waals surface area (Å²) in [6.45, 7) is 0. The van der Waals surface area contributed by atoms with Gasteiger partial charge in [0.25, 0.3) is 0 Å². The second-order valence-electron chi connectivity index (χ2n) is 12.6. The molecule has 0 amide bonds. The molecule has 49 heavy (non-hydrogen) atoms.